The number of fused-ring (bicyclic) bond motifs is 2. The van der Waals surface area contributed by atoms with Crippen molar-refractivity contribution in [1.29, 1.82) is 0 Å². The fourth-order valence-corrected chi connectivity index (χ4v) is 7.35. The number of carbonyl (C=O) groups excluding carboxylic acids is 4. The maximum absolute atomic E-state index is 14.7. The van der Waals surface area contributed by atoms with Gasteiger partial charge in [0.1, 0.15) is 28.4 Å². The molecule has 3 aliphatic rings. The number of anilines is 1. The third kappa shape index (κ3) is 5.50. The minimum atomic E-state index is -4.62. The Balaban J connectivity index is 1.04. The molecule has 0 radical (unpaired) electrons. The summed E-state index contributed by atoms with van der Waals surface area (Å²) in [4.78, 5) is 54.0. The number of ether oxygens (including phenoxy) is 2. The van der Waals surface area contributed by atoms with Crippen molar-refractivity contribution in [3.63, 3.8) is 0 Å². The molecule has 7 rings (SSSR count). The van der Waals surface area contributed by atoms with Gasteiger partial charge < -0.3 is 9.47 Å². The highest BCUT2D eigenvalue weighted by Gasteiger charge is 2.59. The van der Waals surface area contributed by atoms with Gasteiger partial charge in [-0.25, -0.2) is 0 Å². The van der Waals surface area contributed by atoms with Gasteiger partial charge >= 0.3 is 6.18 Å². The van der Waals surface area contributed by atoms with E-state index in [0.717, 1.165) is 22.3 Å². The van der Waals surface area contributed by atoms with Crippen LogP contribution in [0.4, 0.5) is 18.9 Å². The van der Waals surface area contributed by atoms with Gasteiger partial charge in [-0.1, -0.05) is 42.0 Å². The lowest BCUT2D eigenvalue weighted by molar-refractivity contribution is -0.173. The van der Waals surface area contributed by atoms with E-state index in [1.165, 1.54) is 55.6 Å². The predicted octanol–water partition coefficient (Wildman–Crippen LogP) is 7.58. The molecule has 2 heterocycles. The SMILES string of the molecule is Cc1ccc(Oc2ccc(C(C)(c3ccc(Oc4ccc(N5C(=O)C6CC7C(=O)N(C)C(=O)C7CC6C5=O)cc4)cc3)C(F)(F)F)cc2)cc1. The minimum absolute atomic E-state index is 0.0200. The fourth-order valence-electron chi connectivity index (χ4n) is 7.35. The molecule has 1 aliphatic carbocycles. The van der Waals surface area contributed by atoms with Crippen LogP contribution in [0.15, 0.2) is 97.1 Å². The largest absolute Gasteiger partial charge is 0.457 e. The first-order valence-corrected chi connectivity index (χ1v) is 16.3. The van der Waals surface area contributed by atoms with Crippen molar-refractivity contribution in [1.82, 2.24) is 4.90 Å². The molecule has 8 nitrogen and oxygen atoms in total. The van der Waals surface area contributed by atoms with E-state index in [2.05, 4.69) is 0 Å². The normalized spacial score (nSPS) is 23.1. The topological polar surface area (TPSA) is 93.2 Å². The monoisotopic (exact) mass is 682 g/mol. The highest BCUT2D eigenvalue weighted by atomic mass is 19.4. The first-order valence-electron chi connectivity index (χ1n) is 16.3. The van der Waals surface area contributed by atoms with Crippen LogP contribution in [-0.2, 0) is 24.6 Å². The molecule has 4 aromatic carbocycles. The molecule has 11 heteroatoms. The lowest BCUT2D eigenvalue weighted by atomic mass is 9.70. The zero-order valence-electron chi connectivity index (χ0n) is 27.4. The summed E-state index contributed by atoms with van der Waals surface area (Å²) in [6, 6.07) is 25.1. The molecule has 5 unspecified atom stereocenters. The number of aryl methyl sites for hydroxylation is 1. The molecule has 256 valence electrons. The van der Waals surface area contributed by atoms with E-state index in [0.29, 0.717) is 22.9 Å². The summed E-state index contributed by atoms with van der Waals surface area (Å²) in [5, 5.41) is 0. The van der Waals surface area contributed by atoms with Crippen LogP contribution in [0.5, 0.6) is 23.0 Å². The first-order chi connectivity index (χ1) is 23.8. The van der Waals surface area contributed by atoms with Crippen LogP contribution in [0.1, 0.15) is 36.5 Å². The Morgan fingerprint density at radius 2 is 0.900 bits per heavy atom. The molecule has 0 N–H and O–H groups in total. The second-order valence-electron chi connectivity index (χ2n) is 13.3. The van der Waals surface area contributed by atoms with Gasteiger partial charge in [-0.2, -0.15) is 13.2 Å². The Labute approximate surface area is 286 Å². The Morgan fingerprint density at radius 1 is 0.560 bits per heavy atom. The summed E-state index contributed by atoms with van der Waals surface area (Å²) in [5.41, 5.74) is -0.869. The second-order valence-corrected chi connectivity index (χ2v) is 13.3. The van der Waals surface area contributed by atoms with Crippen LogP contribution in [0, 0.1) is 30.6 Å². The van der Waals surface area contributed by atoms with Gasteiger partial charge in [0.2, 0.25) is 23.6 Å². The second kappa shape index (κ2) is 12.2. The Morgan fingerprint density at radius 3 is 1.28 bits per heavy atom. The Kier molecular flexibility index (Phi) is 8.04. The molecule has 0 spiro atoms. The molecule has 0 bridgehead atoms. The van der Waals surface area contributed by atoms with E-state index in [-0.39, 0.29) is 41.5 Å². The van der Waals surface area contributed by atoms with Gasteiger partial charge in [-0.15, -0.1) is 0 Å². The number of rotatable bonds is 7. The summed E-state index contributed by atoms with van der Waals surface area (Å²) >= 11 is 0. The molecule has 0 aromatic heterocycles. The molecule has 3 fully saturated rings. The predicted molar refractivity (Wildman–Crippen MR) is 177 cm³/mol. The zero-order chi connectivity index (χ0) is 35.5. The van der Waals surface area contributed by atoms with Crippen LogP contribution in [-0.4, -0.2) is 41.8 Å². The van der Waals surface area contributed by atoms with Gasteiger partial charge in [0.25, 0.3) is 0 Å². The lowest BCUT2D eigenvalue weighted by Gasteiger charge is -2.33. The van der Waals surface area contributed by atoms with Crippen molar-refractivity contribution in [2.45, 2.75) is 38.3 Å². The number of carbonyl (C=O) groups is 4. The Hall–Kier alpha value is -5.45. The molecular weight excluding hydrogens is 649 g/mol. The van der Waals surface area contributed by atoms with Gasteiger partial charge in [-0.3, -0.25) is 29.0 Å². The molecule has 5 atom stereocenters. The quantitative estimate of drug-likeness (QED) is 0.187. The van der Waals surface area contributed by atoms with Gasteiger partial charge in [-0.05, 0) is 98.5 Å². The average molecular weight is 683 g/mol. The van der Waals surface area contributed by atoms with Crippen molar-refractivity contribution >= 4 is 29.3 Å². The van der Waals surface area contributed by atoms with Crippen LogP contribution >= 0.6 is 0 Å². The summed E-state index contributed by atoms with van der Waals surface area (Å²) in [6.07, 6.45) is -4.31. The number of hydrogen-bond acceptors (Lipinski definition) is 6. The number of hydrogen-bond donors (Lipinski definition) is 0. The summed E-state index contributed by atoms with van der Waals surface area (Å²) in [7, 11) is 1.43. The van der Waals surface area contributed by atoms with Gasteiger partial charge in [0, 0.05) is 7.05 Å². The maximum Gasteiger partial charge on any atom is 0.402 e. The van der Waals surface area contributed by atoms with E-state index >= 15 is 0 Å². The third-order valence-corrected chi connectivity index (χ3v) is 10.4. The van der Waals surface area contributed by atoms with E-state index in [1.54, 1.807) is 36.4 Å². The maximum atomic E-state index is 14.7. The molecular formula is C39H33F3N2O6. The number of benzene rings is 4. The van der Waals surface area contributed by atoms with Crippen molar-refractivity contribution in [3.05, 3.63) is 114 Å². The van der Waals surface area contributed by atoms with Crippen LogP contribution in [0.2, 0.25) is 0 Å². The molecule has 4 aromatic rings. The standard InChI is InChI=1S/C39H33F3N2O6/c1-22-4-12-26(13-5-22)49-27-14-6-23(7-15-27)38(2,39(40,41)42)24-8-16-28(17-9-24)50-29-18-10-25(11-19-29)44-36(47)32-20-30-31(21-33(32)37(44)48)35(46)43(3)34(30)45/h4-19,30-33H,20-21H2,1-3H3. The lowest BCUT2D eigenvalue weighted by Crippen LogP contribution is -2.40. The third-order valence-electron chi connectivity index (χ3n) is 10.4. The first kappa shape index (κ1) is 33.1. The number of amides is 4. The fraction of sp³-hybridized carbons (Fsp3) is 0.282. The molecule has 4 amide bonds. The van der Waals surface area contributed by atoms with Crippen molar-refractivity contribution in [2.75, 3.05) is 11.9 Å². The molecule has 1 saturated carbocycles. The summed E-state index contributed by atoms with van der Waals surface area (Å²) in [5.74, 6) is -2.33. The van der Waals surface area contributed by atoms with Crippen LogP contribution in [0.25, 0.3) is 0 Å². The highest BCUT2D eigenvalue weighted by molar-refractivity contribution is 6.22. The molecule has 2 aliphatic heterocycles. The number of imide groups is 2. The van der Waals surface area contributed by atoms with Crippen molar-refractivity contribution in [2.24, 2.45) is 23.7 Å². The van der Waals surface area contributed by atoms with E-state index in [9.17, 15) is 32.3 Å². The van der Waals surface area contributed by atoms with Gasteiger partial charge in [0.15, 0.2) is 0 Å². The van der Waals surface area contributed by atoms with Crippen LogP contribution in [0.3, 0.4) is 0 Å². The Bertz CT molecular complexity index is 1930. The van der Waals surface area contributed by atoms with Crippen molar-refractivity contribution in [3.8, 4) is 23.0 Å². The number of halogens is 3. The van der Waals surface area contributed by atoms with E-state index in [1.807, 2.05) is 19.1 Å². The van der Waals surface area contributed by atoms with Crippen molar-refractivity contribution < 1.29 is 41.8 Å². The van der Waals surface area contributed by atoms with Crippen LogP contribution < -0.4 is 14.4 Å². The molecule has 2 saturated heterocycles. The average Bonchev–Trinajstić information content (AvgIpc) is 3.47. The summed E-state index contributed by atoms with van der Waals surface area (Å²) < 4.78 is 55.8. The minimum Gasteiger partial charge on any atom is -0.457 e. The zero-order valence-corrected chi connectivity index (χ0v) is 27.4. The number of nitrogens with zero attached hydrogens (tertiary/aromatic N) is 2. The smallest absolute Gasteiger partial charge is 0.402 e. The van der Waals surface area contributed by atoms with Gasteiger partial charge in [0.05, 0.1) is 29.4 Å². The number of alkyl halides is 3. The van der Waals surface area contributed by atoms with E-state index in [4.69, 9.17) is 9.47 Å². The highest BCUT2D eigenvalue weighted by Crippen LogP contribution is 2.49. The number of likely N-dealkylation sites (tertiary alicyclic amines) is 1. The van der Waals surface area contributed by atoms with E-state index < -0.39 is 47.1 Å². The molecule has 50 heavy (non-hydrogen) atoms. The summed E-state index contributed by atoms with van der Waals surface area (Å²) in [6.45, 7) is 3.08.